The molecular weight excluding hydrogens is 292 g/mol. The number of hydrogen-bond donors (Lipinski definition) is 2. The van der Waals surface area contributed by atoms with Gasteiger partial charge in [-0.3, -0.25) is 9.59 Å². The van der Waals surface area contributed by atoms with Gasteiger partial charge in [0.05, 0.1) is 0 Å². The van der Waals surface area contributed by atoms with E-state index in [-0.39, 0.29) is 23.0 Å². The van der Waals surface area contributed by atoms with Crippen molar-refractivity contribution in [3.05, 3.63) is 29.3 Å². The third-order valence-electron chi connectivity index (χ3n) is 5.43. The number of nitrogens with one attached hydrogen (secondary N) is 1. The number of carbonyl (C=O) groups is 2. The van der Waals surface area contributed by atoms with Crippen molar-refractivity contribution in [3.63, 3.8) is 0 Å². The number of phenolic OH excluding ortho intramolecular Hbond substituents is 1. The number of aromatic hydroxyl groups is 1. The summed E-state index contributed by atoms with van der Waals surface area (Å²) in [5, 5.41) is 12.7. The van der Waals surface area contributed by atoms with Crippen LogP contribution in [0.2, 0.25) is 0 Å². The first-order valence-corrected chi connectivity index (χ1v) is 8.35. The first kappa shape index (κ1) is 15.8. The molecule has 2 aliphatic heterocycles. The Kier molecular flexibility index (Phi) is 4.28. The minimum atomic E-state index is -0.0158. The highest BCUT2D eigenvalue weighted by Crippen LogP contribution is 2.40. The standard InChI is InChI=1S/C18H24N2O3/c1-13-2-3-14(12-15(13)21)17(23)20-10-7-18(8-11-20)5-4-16(22)19-9-6-18/h2-3,12,21H,4-11H2,1H3,(H,19,22). The molecule has 1 aromatic rings. The number of hydrogen-bond acceptors (Lipinski definition) is 3. The molecule has 2 saturated heterocycles. The number of carbonyl (C=O) groups excluding carboxylic acids is 2. The van der Waals surface area contributed by atoms with Crippen LogP contribution in [0.1, 0.15) is 48.0 Å². The molecule has 5 heteroatoms. The highest BCUT2D eigenvalue weighted by atomic mass is 16.3. The number of phenols is 1. The number of aryl methyl sites for hydroxylation is 1. The highest BCUT2D eigenvalue weighted by Gasteiger charge is 2.37. The lowest BCUT2D eigenvalue weighted by atomic mass is 9.73. The summed E-state index contributed by atoms with van der Waals surface area (Å²) in [6.07, 6.45) is 4.43. The molecule has 3 rings (SSSR count). The first-order valence-electron chi connectivity index (χ1n) is 8.35. The minimum Gasteiger partial charge on any atom is -0.508 e. The van der Waals surface area contributed by atoms with Gasteiger partial charge in [-0.1, -0.05) is 6.07 Å². The van der Waals surface area contributed by atoms with Gasteiger partial charge < -0.3 is 15.3 Å². The lowest BCUT2D eigenvalue weighted by Gasteiger charge is -2.41. The minimum absolute atomic E-state index is 0.0158. The molecule has 5 nitrogen and oxygen atoms in total. The lowest BCUT2D eigenvalue weighted by molar-refractivity contribution is -0.121. The third kappa shape index (κ3) is 3.33. The summed E-state index contributed by atoms with van der Waals surface area (Å²) in [6, 6.07) is 5.10. The second-order valence-corrected chi connectivity index (χ2v) is 6.89. The first-order chi connectivity index (χ1) is 11.0. The smallest absolute Gasteiger partial charge is 0.253 e. The van der Waals surface area contributed by atoms with E-state index >= 15 is 0 Å². The second-order valence-electron chi connectivity index (χ2n) is 6.89. The molecule has 1 aromatic carbocycles. The largest absolute Gasteiger partial charge is 0.508 e. The molecule has 124 valence electrons. The van der Waals surface area contributed by atoms with E-state index in [0.717, 1.165) is 50.9 Å². The number of amides is 2. The number of benzene rings is 1. The molecule has 2 N–H and O–H groups in total. The van der Waals surface area contributed by atoms with Gasteiger partial charge in [-0.25, -0.2) is 0 Å². The monoisotopic (exact) mass is 316 g/mol. The Labute approximate surface area is 136 Å². The van der Waals surface area contributed by atoms with Crippen molar-refractivity contribution in [2.24, 2.45) is 5.41 Å². The van der Waals surface area contributed by atoms with Crippen LogP contribution in [0.3, 0.4) is 0 Å². The molecule has 2 heterocycles. The molecule has 0 bridgehead atoms. The van der Waals surface area contributed by atoms with Crippen LogP contribution in [0.4, 0.5) is 0 Å². The fourth-order valence-corrected chi connectivity index (χ4v) is 3.67. The van der Waals surface area contributed by atoms with Crippen LogP contribution in [0.25, 0.3) is 0 Å². The Balaban J connectivity index is 1.65. The quantitative estimate of drug-likeness (QED) is 0.834. The Bertz CT molecular complexity index is 619. The van der Waals surface area contributed by atoms with Crippen LogP contribution in [-0.4, -0.2) is 41.5 Å². The predicted octanol–water partition coefficient (Wildman–Crippen LogP) is 2.22. The zero-order valence-electron chi connectivity index (χ0n) is 13.6. The maximum absolute atomic E-state index is 12.6. The van der Waals surface area contributed by atoms with Gasteiger partial charge in [-0.15, -0.1) is 0 Å². The van der Waals surface area contributed by atoms with Crippen LogP contribution >= 0.6 is 0 Å². The van der Waals surface area contributed by atoms with Gasteiger partial charge in [0.2, 0.25) is 5.91 Å². The van der Waals surface area contributed by atoms with E-state index in [4.69, 9.17) is 0 Å². The van der Waals surface area contributed by atoms with Crippen LogP contribution in [0, 0.1) is 12.3 Å². The van der Waals surface area contributed by atoms with Gasteiger partial charge in [0.1, 0.15) is 5.75 Å². The van der Waals surface area contributed by atoms with Crippen LogP contribution in [0.15, 0.2) is 18.2 Å². The summed E-state index contributed by atoms with van der Waals surface area (Å²) in [5.74, 6) is 0.297. The molecular formula is C18H24N2O3. The fraction of sp³-hybridized carbons (Fsp3) is 0.556. The molecule has 1 spiro atoms. The van der Waals surface area contributed by atoms with E-state index in [1.165, 1.54) is 0 Å². The third-order valence-corrected chi connectivity index (χ3v) is 5.43. The van der Waals surface area contributed by atoms with Gasteiger partial charge in [0, 0.05) is 31.6 Å². The summed E-state index contributed by atoms with van der Waals surface area (Å²) in [4.78, 5) is 26.0. The van der Waals surface area contributed by atoms with E-state index in [1.54, 1.807) is 18.2 Å². The zero-order chi connectivity index (χ0) is 16.4. The predicted molar refractivity (Wildman–Crippen MR) is 87.3 cm³/mol. The van der Waals surface area contributed by atoms with Crippen molar-refractivity contribution in [2.45, 2.75) is 39.0 Å². The van der Waals surface area contributed by atoms with Crippen molar-refractivity contribution >= 4 is 11.8 Å². The molecule has 0 unspecified atom stereocenters. The van der Waals surface area contributed by atoms with E-state index in [0.29, 0.717) is 12.0 Å². The average Bonchev–Trinajstić information content (AvgIpc) is 2.73. The maximum atomic E-state index is 12.6. The van der Waals surface area contributed by atoms with Gasteiger partial charge in [0.25, 0.3) is 5.91 Å². The van der Waals surface area contributed by atoms with Gasteiger partial charge in [0.15, 0.2) is 0 Å². The van der Waals surface area contributed by atoms with Crippen molar-refractivity contribution in [1.82, 2.24) is 10.2 Å². The summed E-state index contributed by atoms with van der Waals surface area (Å²) >= 11 is 0. The van der Waals surface area contributed by atoms with Crippen LogP contribution in [-0.2, 0) is 4.79 Å². The Hall–Kier alpha value is -2.04. The summed E-state index contributed by atoms with van der Waals surface area (Å²) in [6.45, 7) is 4.01. The molecule has 0 saturated carbocycles. The molecule has 2 aliphatic rings. The average molecular weight is 316 g/mol. The van der Waals surface area contributed by atoms with Crippen molar-refractivity contribution in [3.8, 4) is 5.75 Å². The summed E-state index contributed by atoms with van der Waals surface area (Å²) in [7, 11) is 0. The molecule has 0 radical (unpaired) electrons. The Morgan fingerprint density at radius 1 is 1.22 bits per heavy atom. The van der Waals surface area contributed by atoms with Crippen molar-refractivity contribution < 1.29 is 14.7 Å². The zero-order valence-corrected chi connectivity index (χ0v) is 13.6. The number of likely N-dealkylation sites (tertiary alicyclic amines) is 1. The summed E-state index contributed by atoms with van der Waals surface area (Å²) < 4.78 is 0. The van der Waals surface area contributed by atoms with Gasteiger partial charge >= 0.3 is 0 Å². The molecule has 0 atom stereocenters. The molecule has 23 heavy (non-hydrogen) atoms. The lowest BCUT2D eigenvalue weighted by Crippen LogP contribution is -2.43. The van der Waals surface area contributed by atoms with Gasteiger partial charge in [-0.05, 0) is 55.7 Å². The molecule has 0 aliphatic carbocycles. The van der Waals surface area contributed by atoms with Gasteiger partial charge in [-0.2, -0.15) is 0 Å². The number of rotatable bonds is 1. The molecule has 2 fully saturated rings. The highest BCUT2D eigenvalue weighted by molar-refractivity contribution is 5.94. The SMILES string of the molecule is Cc1ccc(C(=O)N2CCC3(CCNC(=O)CC3)CC2)cc1O. The van der Waals surface area contributed by atoms with Crippen LogP contribution < -0.4 is 5.32 Å². The van der Waals surface area contributed by atoms with Crippen molar-refractivity contribution in [2.75, 3.05) is 19.6 Å². The Morgan fingerprint density at radius 3 is 2.65 bits per heavy atom. The Morgan fingerprint density at radius 2 is 1.96 bits per heavy atom. The molecule has 0 aromatic heterocycles. The van der Waals surface area contributed by atoms with Crippen LogP contribution in [0.5, 0.6) is 5.75 Å². The van der Waals surface area contributed by atoms with E-state index in [2.05, 4.69) is 5.32 Å². The van der Waals surface area contributed by atoms with E-state index in [9.17, 15) is 14.7 Å². The molecule has 2 amide bonds. The van der Waals surface area contributed by atoms with E-state index < -0.39 is 0 Å². The second kappa shape index (κ2) is 6.22. The maximum Gasteiger partial charge on any atom is 0.253 e. The number of nitrogens with zero attached hydrogens (tertiary/aromatic N) is 1. The summed E-state index contributed by atoms with van der Waals surface area (Å²) in [5.41, 5.74) is 1.52. The topological polar surface area (TPSA) is 69.6 Å². The normalized spacial score (nSPS) is 20.9. The van der Waals surface area contributed by atoms with Crippen molar-refractivity contribution in [1.29, 1.82) is 0 Å². The van der Waals surface area contributed by atoms with E-state index in [1.807, 2.05) is 11.8 Å². The fourth-order valence-electron chi connectivity index (χ4n) is 3.67. The number of piperidine rings is 1.